The van der Waals surface area contributed by atoms with Crippen molar-refractivity contribution in [2.45, 2.75) is 32.9 Å². The average Bonchev–Trinajstić information content (AvgIpc) is 3.04. The van der Waals surface area contributed by atoms with Gasteiger partial charge in [-0.25, -0.2) is 0 Å². The molecule has 2 heterocycles. The Morgan fingerprint density at radius 2 is 2.17 bits per heavy atom. The molecule has 30 heavy (non-hydrogen) atoms. The van der Waals surface area contributed by atoms with E-state index in [2.05, 4.69) is 15.2 Å². The summed E-state index contributed by atoms with van der Waals surface area (Å²) in [5, 5.41) is 15.2. The van der Waals surface area contributed by atoms with Crippen molar-refractivity contribution in [3.05, 3.63) is 58.2 Å². The summed E-state index contributed by atoms with van der Waals surface area (Å²) < 4.78 is 5.82. The second-order valence-electron chi connectivity index (χ2n) is 7.90. The number of aryl methyl sites for hydroxylation is 1. The van der Waals surface area contributed by atoms with Crippen LogP contribution in [0.1, 0.15) is 23.7 Å². The fourth-order valence-electron chi connectivity index (χ4n) is 3.99. The number of nitrogens with one attached hydrogen (secondary N) is 2. The molecule has 1 atom stereocenters. The first-order valence-corrected chi connectivity index (χ1v) is 10.5. The van der Waals surface area contributed by atoms with Crippen LogP contribution >= 0.6 is 11.6 Å². The van der Waals surface area contributed by atoms with Gasteiger partial charge in [-0.15, -0.1) is 0 Å². The van der Waals surface area contributed by atoms with Gasteiger partial charge in [0, 0.05) is 54.6 Å². The van der Waals surface area contributed by atoms with Gasteiger partial charge in [-0.1, -0.05) is 17.7 Å². The van der Waals surface area contributed by atoms with E-state index in [4.69, 9.17) is 16.3 Å². The Hall–Kier alpha value is -2.54. The lowest BCUT2D eigenvalue weighted by Gasteiger charge is -2.29. The van der Waals surface area contributed by atoms with Crippen molar-refractivity contribution in [2.75, 3.05) is 25.0 Å². The summed E-state index contributed by atoms with van der Waals surface area (Å²) in [5.74, 6) is 0.399. The summed E-state index contributed by atoms with van der Waals surface area (Å²) >= 11 is 6.18. The molecule has 7 heteroatoms. The van der Waals surface area contributed by atoms with Crippen LogP contribution in [-0.2, 0) is 17.8 Å². The highest BCUT2D eigenvalue weighted by atomic mass is 35.5. The quantitative estimate of drug-likeness (QED) is 0.557. The molecule has 3 N–H and O–H groups in total. The van der Waals surface area contributed by atoms with Gasteiger partial charge in [0.1, 0.15) is 18.5 Å². The number of hydrogen-bond acceptors (Lipinski definition) is 4. The molecule has 6 nitrogen and oxygen atoms in total. The number of H-pyrrole nitrogens is 1. The zero-order valence-electron chi connectivity index (χ0n) is 17.2. The second-order valence-corrected chi connectivity index (χ2v) is 8.34. The fourth-order valence-corrected chi connectivity index (χ4v) is 4.16. The number of fused-ring (bicyclic) bond motifs is 3. The maximum absolute atomic E-state index is 11.4. The Morgan fingerprint density at radius 1 is 1.33 bits per heavy atom. The number of halogens is 1. The zero-order chi connectivity index (χ0) is 21.3. The molecule has 3 aromatic rings. The van der Waals surface area contributed by atoms with Crippen molar-refractivity contribution in [1.82, 2.24) is 9.88 Å². The van der Waals surface area contributed by atoms with Gasteiger partial charge in [0.25, 0.3) is 0 Å². The molecule has 1 unspecified atom stereocenters. The number of anilines is 1. The summed E-state index contributed by atoms with van der Waals surface area (Å²) in [6.07, 6.45) is 0.256. The molecule has 0 saturated heterocycles. The van der Waals surface area contributed by atoms with Gasteiger partial charge in [-0.05, 0) is 48.4 Å². The molecule has 158 valence electrons. The number of nitrogens with zero attached hydrogens (tertiary/aromatic N) is 1. The van der Waals surface area contributed by atoms with E-state index in [0.717, 1.165) is 41.0 Å². The zero-order valence-corrected chi connectivity index (χ0v) is 17.9. The molecule has 0 fully saturated rings. The first-order chi connectivity index (χ1) is 14.4. The van der Waals surface area contributed by atoms with E-state index in [1.807, 2.05) is 43.3 Å². The first-order valence-electron chi connectivity index (χ1n) is 10.1. The molecule has 1 aliphatic rings. The number of ether oxygens (including phenoxy) is 1. The molecular formula is C23H26ClN3O3. The van der Waals surface area contributed by atoms with E-state index in [9.17, 15) is 9.90 Å². The molecule has 1 amide bonds. The van der Waals surface area contributed by atoms with Crippen molar-refractivity contribution < 1.29 is 14.6 Å². The Kier molecular flexibility index (Phi) is 5.99. The third kappa shape index (κ3) is 4.61. The Morgan fingerprint density at radius 3 is 2.97 bits per heavy atom. The molecular weight excluding hydrogens is 402 g/mol. The van der Waals surface area contributed by atoms with Crippen LogP contribution in [0.5, 0.6) is 5.75 Å². The number of amides is 1. The minimum Gasteiger partial charge on any atom is -0.489 e. The largest absolute Gasteiger partial charge is 0.489 e. The summed E-state index contributed by atoms with van der Waals surface area (Å²) in [4.78, 5) is 17.2. The van der Waals surface area contributed by atoms with Crippen molar-refractivity contribution >= 4 is 34.1 Å². The van der Waals surface area contributed by atoms with Crippen LogP contribution in [0.3, 0.4) is 0 Å². The van der Waals surface area contributed by atoms with Crippen molar-refractivity contribution in [3.8, 4) is 5.75 Å². The highest BCUT2D eigenvalue weighted by molar-refractivity contribution is 6.31. The van der Waals surface area contributed by atoms with Crippen LogP contribution in [0.15, 0.2) is 36.4 Å². The number of aliphatic hydroxyl groups is 1. The lowest BCUT2D eigenvalue weighted by atomic mass is 10.0. The number of rotatable bonds is 6. The van der Waals surface area contributed by atoms with Crippen LogP contribution in [0.4, 0.5) is 5.69 Å². The third-order valence-electron chi connectivity index (χ3n) is 5.36. The monoisotopic (exact) mass is 427 g/mol. The lowest BCUT2D eigenvalue weighted by molar-refractivity contribution is -0.114. The number of β-amino-alcohol motifs (C(OH)–C–C–N with tert-alkyl or cyclic N) is 1. The van der Waals surface area contributed by atoms with E-state index < -0.39 is 6.10 Å². The molecule has 0 aliphatic carbocycles. The molecule has 1 aromatic heterocycles. The van der Waals surface area contributed by atoms with Crippen LogP contribution in [0.25, 0.3) is 10.9 Å². The summed E-state index contributed by atoms with van der Waals surface area (Å²) in [7, 11) is 0. The summed E-state index contributed by atoms with van der Waals surface area (Å²) in [6, 6.07) is 11.5. The number of carbonyl (C=O) groups is 1. The van der Waals surface area contributed by atoms with Gasteiger partial charge in [-0.2, -0.15) is 0 Å². The smallest absolute Gasteiger partial charge is 0.221 e. The van der Waals surface area contributed by atoms with Gasteiger partial charge in [0.05, 0.1) is 5.69 Å². The number of aliphatic hydroxyl groups excluding tert-OH is 1. The van der Waals surface area contributed by atoms with Gasteiger partial charge < -0.3 is 20.1 Å². The predicted octanol–water partition coefficient (Wildman–Crippen LogP) is 3.89. The first kappa shape index (κ1) is 20.7. The van der Waals surface area contributed by atoms with E-state index >= 15 is 0 Å². The van der Waals surface area contributed by atoms with Crippen LogP contribution in [-0.4, -0.2) is 46.7 Å². The van der Waals surface area contributed by atoms with Crippen LogP contribution in [0, 0.1) is 6.92 Å². The number of aromatic nitrogens is 1. The van der Waals surface area contributed by atoms with Gasteiger partial charge in [-0.3, -0.25) is 9.69 Å². The number of benzene rings is 2. The molecule has 0 bridgehead atoms. The van der Waals surface area contributed by atoms with Crippen LogP contribution < -0.4 is 10.1 Å². The summed E-state index contributed by atoms with van der Waals surface area (Å²) in [5.41, 5.74) is 5.23. The topological polar surface area (TPSA) is 77.6 Å². The lowest BCUT2D eigenvalue weighted by Crippen LogP contribution is -2.38. The molecule has 0 radical (unpaired) electrons. The molecule has 4 rings (SSSR count). The van der Waals surface area contributed by atoms with E-state index in [1.165, 1.54) is 18.2 Å². The van der Waals surface area contributed by atoms with Gasteiger partial charge in [0.2, 0.25) is 5.91 Å². The molecule has 2 aromatic carbocycles. The number of aromatic amines is 1. The number of hydrogen-bond donors (Lipinski definition) is 3. The molecule has 1 aliphatic heterocycles. The Bertz CT molecular complexity index is 1080. The maximum atomic E-state index is 11.4. The SMILES string of the molecule is CC(=O)Nc1cc(C)ccc1OCC(O)CN1CCc2[nH]c3ccc(Cl)cc3c2C1. The minimum atomic E-state index is -0.646. The van der Waals surface area contributed by atoms with Gasteiger partial charge in [0.15, 0.2) is 0 Å². The van der Waals surface area contributed by atoms with Crippen molar-refractivity contribution in [3.63, 3.8) is 0 Å². The summed E-state index contributed by atoms with van der Waals surface area (Å²) in [6.45, 7) is 5.70. The van der Waals surface area contributed by atoms with E-state index in [0.29, 0.717) is 18.0 Å². The molecule has 0 saturated carbocycles. The fraction of sp³-hybridized carbons (Fsp3) is 0.348. The number of carbonyl (C=O) groups excluding carboxylic acids is 1. The predicted molar refractivity (Wildman–Crippen MR) is 119 cm³/mol. The second kappa shape index (κ2) is 8.68. The van der Waals surface area contributed by atoms with E-state index in [-0.39, 0.29) is 12.5 Å². The Balaban J connectivity index is 1.39. The van der Waals surface area contributed by atoms with E-state index in [1.54, 1.807) is 0 Å². The highest BCUT2D eigenvalue weighted by Crippen LogP contribution is 2.30. The average molecular weight is 428 g/mol. The van der Waals surface area contributed by atoms with Crippen molar-refractivity contribution in [2.24, 2.45) is 0 Å². The van der Waals surface area contributed by atoms with Crippen molar-refractivity contribution in [1.29, 1.82) is 0 Å². The third-order valence-corrected chi connectivity index (χ3v) is 5.60. The normalized spacial score (nSPS) is 15.1. The standard InChI is InChI=1S/C23H26ClN3O3/c1-14-3-6-23(22(9-14)25-15(2)28)30-13-17(29)11-27-8-7-21-19(12-27)18-10-16(24)4-5-20(18)26-21/h3-6,9-10,17,26,29H,7-8,11-13H2,1-2H3,(H,25,28). The maximum Gasteiger partial charge on any atom is 0.221 e. The molecule has 0 spiro atoms. The van der Waals surface area contributed by atoms with Crippen LogP contribution in [0.2, 0.25) is 5.02 Å². The Labute approximate surface area is 180 Å². The minimum absolute atomic E-state index is 0.152. The highest BCUT2D eigenvalue weighted by Gasteiger charge is 2.23. The van der Waals surface area contributed by atoms with Gasteiger partial charge >= 0.3 is 0 Å².